The topological polar surface area (TPSA) is 108 Å². The molecular formula is C32H32N4O5S. The standard InChI is InChI=1S/C32H32N4O5S/c1-35(17-21-9-5-4-6-10-21)19-25-28-29(37)27(41-32(38)34-33)20-36(18-23-11-7-8-12-26(23)40-3)31(28)42-30(25)22-13-15-24(39-2)16-14-22/h4-16,20H,17-19,33H2,1-3H3,(H,34,38). The second-order valence-corrected chi connectivity index (χ2v) is 10.8. The fraction of sp³-hybridized carbons (Fsp3) is 0.188. The normalized spacial score (nSPS) is 11.1. The van der Waals surface area contributed by atoms with Crippen molar-refractivity contribution in [3.8, 4) is 27.7 Å². The summed E-state index contributed by atoms with van der Waals surface area (Å²) in [5.74, 6) is 6.62. The number of pyridine rings is 1. The summed E-state index contributed by atoms with van der Waals surface area (Å²) in [6.45, 7) is 1.54. The molecule has 10 heteroatoms. The highest BCUT2D eigenvalue weighted by Gasteiger charge is 2.24. The molecule has 0 saturated heterocycles. The number of nitrogens with one attached hydrogen (secondary N) is 1. The van der Waals surface area contributed by atoms with Crippen molar-refractivity contribution in [3.05, 3.63) is 112 Å². The molecule has 0 bridgehead atoms. The van der Waals surface area contributed by atoms with E-state index in [1.165, 1.54) is 11.3 Å². The minimum Gasteiger partial charge on any atom is -0.497 e. The summed E-state index contributed by atoms with van der Waals surface area (Å²) in [7, 11) is 5.26. The quantitative estimate of drug-likeness (QED) is 0.129. The number of benzene rings is 3. The fourth-order valence-electron chi connectivity index (χ4n) is 4.95. The molecule has 0 saturated carbocycles. The number of methoxy groups -OCH3 is 2. The zero-order valence-electron chi connectivity index (χ0n) is 23.6. The van der Waals surface area contributed by atoms with Gasteiger partial charge in [-0.2, -0.15) is 0 Å². The molecule has 5 aromatic rings. The van der Waals surface area contributed by atoms with Crippen molar-refractivity contribution in [1.29, 1.82) is 0 Å². The van der Waals surface area contributed by atoms with Crippen molar-refractivity contribution >= 4 is 27.6 Å². The second-order valence-electron chi connectivity index (χ2n) is 9.77. The van der Waals surface area contributed by atoms with Crippen molar-refractivity contribution in [2.45, 2.75) is 19.6 Å². The summed E-state index contributed by atoms with van der Waals surface area (Å²) in [6, 6.07) is 25.6. The van der Waals surface area contributed by atoms with E-state index >= 15 is 0 Å². The lowest BCUT2D eigenvalue weighted by molar-refractivity contribution is 0.200. The molecule has 0 aliphatic carbocycles. The van der Waals surface area contributed by atoms with Crippen LogP contribution in [0.4, 0.5) is 4.79 Å². The number of hydrazine groups is 1. The zero-order chi connectivity index (χ0) is 29.6. The van der Waals surface area contributed by atoms with Crippen molar-refractivity contribution in [1.82, 2.24) is 14.9 Å². The van der Waals surface area contributed by atoms with Crippen LogP contribution < -0.4 is 30.9 Å². The van der Waals surface area contributed by atoms with Crippen molar-refractivity contribution < 1.29 is 19.0 Å². The summed E-state index contributed by atoms with van der Waals surface area (Å²) >= 11 is 1.52. The van der Waals surface area contributed by atoms with Crippen LogP contribution in [-0.4, -0.2) is 36.8 Å². The highest BCUT2D eigenvalue weighted by molar-refractivity contribution is 7.22. The maximum absolute atomic E-state index is 14.0. The van der Waals surface area contributed by atoms with E-state index in [1.807, 2.05) is 83.8 Å². The number of thiophene rings is 1. The average Bonchev–Trinajstić information content (AvgIpc) is 3.39. The molecule has 1 amide bonds. The fourth-order valence-corrected chi connectivity index (χ4v) is 6.24. The predicted molar refractivity (Wildman–Crippen MR) is 165 cm³/mol. The molecule has 216 valence electrons. The molecule has 0 fully saturated rings. The number of para-hydroxylation sites is 1. The number of amides is 1. The molecule has 0 atom stereocenters. The maximum Gasteiger partial charge on any atom is 0.427 e. The first-order valence-electron chi connectivity index (χ1n) is 13.3. The molecule has 9 nitrogen and oxygen atoms in total. The molecule has 0 aliphatic rings. The molecule has 5 rings (SSSR count). The highest BCUT2D eigenvalue weighted by Crippen LogP contribution is 2.40. The molecule has 2 aromatic heterocycles. The summed E-state index contributed by atoms with van der Waals surface area (Å²) in [4.78, 5) is 30.0. The van der Waals surface area contributed by atoms with E-state index in [4.69, 9.17) is 20.1 Å². The molecule has 3 N–H and O–H groups in total. The van der Waals surface area contributed by atoms with Gasteiger partial charge < -0.3 is 18.8 Å². The van der Waals surface area contributed by atoms with Crippen LogP contribution in [0.5, 0.6) is 17.2 Å². The number of hydrogen-bond acceptors (Lipinski definition) is 8. The van der Waals surface area contributed by atoms with E-state index in [1.54, 1.807) is 20.4 Å². The summed E-state index contributed by atoms with van der Waals surface area (Å²) in [5, 5.41) is 0.489. The molecule has 0 unspecified atom stereocenters. The Balaban J connectivity index is 1.72. The summed E-state index contributed by atoms with van der Waals surface area (Å²) in [6.07, 6.45) is 0.627. The van der Waals surface area contributed by atoms with Crippen LogP contribution in [0.15, 0.2) is 89.9 Å². The molecule has 0 aliphatic heterocycles. The first-order valence-corrected chi connectivity index (χ1v) is 14.1. The number of hydrogen-bond donors (Lipinski definition) is 2. The van der Waals surface area contributed by atoms with Gasteiger partial charge >= 0.3 is 6.09 Å². The lowest BCUT2D eigenvalue weighted by Crippen LogP contribution is -2.34. The highest BCUT2D eigenvalue weighted by atomic mass is 32.1. The third kappa shape index (κ3) is 6.15. The van der Waals surface area contributed by atoms with Gasteiger partial charge in [-0.15, -0.1) is 11.3 Å². The number of rotatable bonds is 10. The van der Waals surface area contributed by atoms with E-state index < -0.39 is 6.09 Å². The number of aromatic nitrogens is 1. The molecule has 0 spiro atoms. The number of fused-ring (bicyclic) bond motifs is 1. The van der Waals surface area contributed by atoms with Gasteiger partial charge in [0.1, 0.15) is 16.3 Å². The second kappa shape index (κ2) is 12.9. The van der Waals surface area contributed by atoms with Gasteiger partial charge in [0.25, 0.3) is 0 Å². The Morgan fingerprint density at radius 3 is 2.33 bits per heavy atom. The molecule has 3 aromatic carbocycles. The van der Waals surface area contributed by atoms with Gasteiger partial charge in [0.2, 0.25) is 5.43 Å². The Morgan fingerprint density at radius 2 is 1.64 bits per heavy atom. The Kier molecular flexibility index (Phi) is 8.87. The summed E-state index contributed by atoms with van der Waals surface area (Å²) < 4.78 is 18.3. The van der Waals surface area contributed by atoms with Crippen molar-refractivity contribution in [2.24, 2.45) is 5.84 Å². The number of carbonyl (C=O) groups excluding carboxylic acids is 1. The van der Waals surface area contributed by atoms with Crippen LogP contribution in [-0.2, 0) is 19.6 Å². The first kappa shape index (κ1) is 28.9. The predicted octanol–water partition coefficient (Wildman–Crippen LogP) is 5.39. The lowest BCUT2D eigenvalue weighted by Gasteiger charge is -2.18. The smallest absolute Gasteiger partial charge is 0.427 e. The largest absolute Gasteiger partial charge is 0.497 e. The van der Waals surface area contributed by atoms with Gasteiger partial charge in [0, 0.05) is 23.5 Å². The minimum atomic E-state index is -0.927. The van der Waals surface area contributed by atoms with Crippen molar-refractivity contribution in [2.75, 3.05) is 21.3 Å². The average molecular weight is 585 g/mol. The number of nitrogens with zero attached hydrogens (tertiary/aromatic N) is 2. The molecule has 2 heterocycles. The first-order chi connectivity index (χ1) is 20.4. The van der Waals surface area contributed by atoms with E-state index in [0.717, 1.165) is 37.7 Å². The van der Waals surface area contributed by atoms with Gasteiger partial charge in [0.05, 0.1) is 32.3 Å². The Labute approximate surface area is 247 Å². The van der Waals surface area contributed by atoms with E-state index in [2.05, 4.69) is 17.0 Å². The number of nitrogens with two attached hydrogens (primary N) is 1. The van der Waals surface area contributed by atoms with Crippen LogP contribution in [0.25, 0.3) is 20.7 Å². The Bertz CT molecular complexity index is 1750. The monoisotopic (exact) mass is 584 g/mol. The SMILES string of the molecule is COc1ccc(-c2sc3c(c2CN(C)Cc2ccccc2)c(=O)c(OC(=O)NN)cn3Cc2ccccc2OC)cc1. The molecular weight excluding hydrogens is 552 g/mol. The minimum absolute atomic E-state index is 0.119. The third-order valence-electron chi connectivity index (χ3n) is 6.90. The maximum atomic E-state index is 14.0. The zero-order valence-corrected chi connectivity index (χ0v) is 24.4. The van der Waals surface area contributed by atoms with Crippen LogP contribution in [0, 0.1) is 0 Å². The van der Waals surface area contributed by atoms with Gasteiger partial charge in [-0.25, -0.2) is 10.6 Å². The van der Waals surface area contributed by atoms with E-state index in [0.29, 0.717) is 30.8 Å². The van der Waals surface area contributed by atoms with Crippen LogP contribution in [0.2, 0.25) is 0 Å². The van der Waals surface area contributed by atoms with Gasteiger partial charge in [-0.1, -0.05) is 48.5 Å². The van der Waals surface area contributed by atoms with Gasteiger partial charge in [-0.05, 0) is 54.1 Å². The van der Waals surface area contributed by atoms with Crippen molar-refractivity contribution in [3.63, 3.8) is 0 Å². The van der Waals surface area contributed by atoms with Crippen LogP contribution in [0.1, 0.15) is 16.7 Å². The lowest BCUT2D eigenvalue weighted by atomic mass is 10.1. The van der Waals surface area contributed by atoms with Gasteiger partial charge in [0.15, 0.2) is 5.75 Å². The third-order valence-corrected chi connectivity index (χ3v) is 8.22. The molecule has 0 radical (unpaired) electrons. The van der Waals surface area contributed by atoms with Crippen LogP contribution >= 0.6 is 11.3 Å². The number of ether oxygens (including phenoxy) is 3. The Morgan fingerprint density at radius 1 is 0.929 bits per heavy atom. The van der Waals surface area contributed by atoms with Gasteiger partial charge in [-0.3, -0.25) is 15.1 Å². The summed E-state index contributed by atoms with van der Waals surface area (Å²) in [5.41, 5.74) is 5.41. The molecule has 42 heavy (non-hydrogen) atoms. The van der Waals surface area contributed by atoms with Crippen LogP contribution in [0.3, 0.4) is 0 Å². The van der Waals surface area contributed by atoms with E-state index in [-0.39, 0.29) is 11.2 Å². The van der Waals surface area contributed by atoms with E-state index in [9.17, 15) is 9.59 Å². The number of carbonyl (C=O) groups is 1. The Hall–Kier alpha value is -4.64.